The number of nitrogens with two attached hydrogens (primary N) is 1. The molecule has 1 fully saturated rings. The number of aromatic nitrogens is 3. The summed E-state index contributed by atoms with van der Waals surface area (Å²) in [7, 11) is -3.83. The summed E-state index contributed by atoms with van der Waals surface area (Å²) in [6.45, 7) is 1.81. The molecule has 9 nitrogen and oxygen atoms in total. The fraction of sp³-hybridized carbons (Fsp3) is 0.462. The first-order valence-electron chi connectivity index (χ1n) is 7.21. The summed E-state index contributed by atoms with van der Waals surface area (Å²) in [4.78, 5) is 7.72. The number of nitrogens with zero attached hydrogens (tertiary/aromatic N) is 3. The van der Waals surface area contributed by atoms with Gasteiger partial charge in [0.1, 0.15) is 16.8 Å². The lowest BCUT2D eigenvalue weighted by Gasteiger charge is -2.13. The zero-order chi connectivity index (χ0) is 17.3. The normalized spacial score (nSPS) is 21.2. The highest BCUT2D eigenvalue weighted by atomic mass is 35.5. The Hall–Kier alpha value is -1.75. The maximum Gasteiger partial charge on any atom is 0.255 e. The Morgan fingerprint density at radius 3 is 2.96 bits per heavy atom. The summed E-state index contributed by atoms with van der Waals surface area (Å²) in [6, 6.07) is 1.26. The molecule has 1 aliphatic rings. The van der Waals surface area contributed by atoms with Crippen LogP contribution in [0.15, 0.2) is 21.7 Å². The first-order valence-corrected chi connectivity index (χ1v) is 9.07. The van der Waals surface area contributed by atoms with Gasteiger partial charge >= 0.3 is 0 Å². The van der Waals surface area contributed by atoms with Crippen molar-refractivity contribution < 1.29 is 17.7 Å². The van der Waals surface area contributed by atoms with Crippen LogP contribution >= 0.6 is 11.6 Å². The van der Waals surface area contributed by atoms with E-state index in [1.807, 2.05) is 0 Å². The molecule has 3 heterocycles. The maximum atomic E-state index is 12.3. The summed E-state index contributed by atoms with van der Waals surface area (Å²) in [5.74, 6) is 0.821. The molecule has 130 valence electrons. The minimum Gasteiger partial charge on any atom is -0.383 e. The molecule has 3 N–H and O–H groups in total. The second-order valence-corrected chi connectivity index (χ2v) is 7.56. The standard InChI is InChI=1S/C13H16ClN5O4S/c1-7-18-13(23-19-7)10-3-2-9(22-10)6-17-24(20,21)11-4-8(14)5-16-12(11)15/h4-5,9-10,17H,2-3,6H2,1H3,(H2,15,16)/t9-,10+/m1/s1. The average Bonchev–Trinajstić information content (AvgIpc) is 3.16. The number of pyridine rings is 1. The Morgan fingerprint density at radius 2 is 2.25 bits per heavy atom. The van der Waals surface area contributed by atoms with Gasteiger partial charge in [-0.05, 0) is 25.8 Å². The van der Waals surface area contributed by atoms with E-state index in [9.17, 15) is 8.42 Å². The highest BCUT2D eigenvalue weighted by Crippen LogP contribution is 2.31. The van der Waals surface area contributed by atoms with Crippen molar-refractivity contribution in [2.45, 2.75) is 36.9 Å². The number of rotatable bonds is 5. The molecule has 3 rings (SSSR count). The molecule has 2 atom stereocenters. The molecule has 1 aliphatic heterocycles. The van der Waals surface area contributed by atoms with Gasteiger partial charge in [0.25, 0.3) is 5.89 Å². The van der Waals surface area contributed by atoms with Gasteiger partial charge < -0.3 is 15.0 Å². The van der Waals surface area contributed by atoms with Crippen LogP contribution in [0, 0.1) is 6.92 Å². The quantitative estimate of drug-likeness (QED) is 0.798. The molecule has 1 saturated heterocycles. The number of nitrogen functional groups attached to an aromatic ring is 1. The summed E-state index contributed by atoms with van der Waals surface area (Å²) in [6.07, 6.45) is 2.00. The van der Waals surface area contributed by atoms with Crippen molar-refractivity contribution in [1.29, 1.82) is 0 Å². The van der Waals surface area contributed by atoms with E-state index < -0.39 is 10.0 Å². The van der Waals surface area contributed by atoms with E-state index in [0.29, 0.717) is 24.6 Å². The van der Waals surface area contributed by atoms with Gasteiger partial charge in [-0.15, -0.1) is 0 Å². The van der Waals surface area contributed by atoms with Crippen LogP contribution in [0.25, 0.3) is 0 Å². The van der Waals surface area contributed by atoms with Crippen molar-refractivity contribution in [2.75, 3.05) is 12.3 Å². The van der Waals surface area contributed by atoms with Crippen molar-refractivity contribution in [1.82, 2.24) is 19.8 Å². The van der Waals surface area contributed by atoms with Crippen molar-refractivity contribution in [3.63, 3.8) is 0 Å². The summed E-state index contributed by atoms with van der Waals surface area (Å²) < 4.78 is 38.0. The number of aryl methyl sites for hydroxylation is 1. The third-order valence-corrected chi connectivity index (χ3v) is 5.22. The molecule has 0 saturated carbocycles. The average molecular weight is 374 g/mol. The highest BCUT2D eigenvalue weighted by Gasteiger charge is 2.31. The number of halogens is 1. The molecule has 2 aromatic rings. The van der Waals surface area contributed by atoms with Crippen molar-refractivity contribution >= 4 is 27.4 Å². The molecule has 0 unspecified atom stereocenters. The smallest absolute Gasteiger partial charge is 0.255 e. The number of hydrogen-bond acceptors (Lipinski definition) is 8. The van der Waals surface area contributed by atoms with Crippen LogP contribution in [0.3, 0.4) is 0 Å². The second-order valence-electron chi connectivity index (χ2n) is 5.39. The van der Waals surface area contributed by atoms with Crippen LogP contribution in [-0.2, 0) is 14.8 Å². The molecule has 2 aromatic heterocycles. The fourth-order valence-electron chi connectivity index (χ4n) is 2.41. The van der Waals surface area contributed by atoms with Gasteiger partial charge in [-0.3, -0.25) is 0 Å². The molecule has 24 heavy (non-hydrogen) atoms. The molecule has 0 aliphatic carbocycles. The van der Waals surface area contributed by atoms with Crippen LogP contribution in [0.4, 0.5) is 5.82 Å². The lowest BCUT2D eigenvalue weighted by Crippen LogP contribution is -2.32. The zero-order valence-electron chi connectivity index (χ0n) is 12.8. The maximum absolute atomic E-state index is 12.3. The largest absolute Gasteiger partial charge is 0.383 e. The van der Waals surface area contributed by atoms with Crippen LogP contribution < -0.4 is 10.5 Å². The monoisotopic (exact) mass is 373 g/mol. The van der Waals surface area contributed by atoms with Crippen LogP contribution in [0.5, 0.6) is 0 Å². The van der Waals surface area contributed by atoms with E-state index in [1.54, 1.807) is 6.92 Å². The Kier molecular flexibility index (Phi) is 4.72. The molecule has 11 heteroatoms. The first kappa shape index (κ1) is 17.1. The fourth-order valence-corrected chi connectivity index (χ4v) is 3.80. The molecular weight excluding hydrogens is 358 g/mol. The molecule has 0 aromatic carbocycles. The SMILES string of the molecule is Cc1noc([C@@H]2CC[C@H](CNS(=O)(=O)c3cc(Cl)cnc3N)O2)n1. The lowest BCUT2D eigenvalue weighted by molar-refractivity contribution is 0.0290. The number of hydrogen-bond donors (Lipinski definition) is 2. The van der Waals surface area contributed by atoms with Gasteiger partial charge in [-0.25, -0.2) is 18.1 Å². The Morgan fingerprint density at radius 1 is 1.46 bits per heavy atom. The van der Waals surface area contributed by atoms with E-state index in [4.69, 9.17) is 26.6 Å². The van der Waals surface area contributed by atoms with Gasteiger partial charge in [-0.1, -0.05) is 16.8 Å². The third-order valence-electron chi connectivity index (χ3n) is 3.57. The van der Waals surface area contributed by atoms with Crippen LogP contribution in [0.2, 0.25) is 5.02 Å². The number of anilines is 1. The molecular formula is C13H16ClN5O4S. The first-order chi connectivity index (χ1) is 11.3. The molecule has 0 bridgehead atoms. The van der Waals surface area contributed by atoms with E-state index in [0.717, 1.165) is 0 Å². The predicted octanol–water partition coefficient (Wildman–Crippen LogP) is 1.21. The van der Waals surface area contributed by atoms with Gasteiger partial charge in [-0.2, -0.15) is 4.98 Å². The molecule has 0 radical (unpaired) electrons. The predicted molar refractivity (Wildman–Crippen MR) is 84.7 cm³/mol. The number of ether oxygens (including phenoxy) is 1. The van der Waals surface area contributed by atoms with Gasteiger partial charge in [0.15, 0.2) is 5.82 Å². The van der Waals surface area contributed by atoms with E-state index in [2.05, 4.69) is 19.8 Å². The van der Waals surface area contributed by atoms with Gasteiger partial charge in [0, 0.05) is 12.7 Å². The van der Waals surface area contributed by atoms with Crippen molar-refractivity contribution in [3.05, 3.63) is 29.0 Å². The van der Waals surface area contributed by atoms with E-state index in [-0.39, 0.29) is 34.5 Å². The second kappa shape index (κ2) is 6.63. The topological polar surface area (TPSA) is 133 Å². The van der Waals surface area contributed by atoms with Gasteiger partial charge in [0.05, 0.1) is 11.1 Å². The van der Waals surface area contributed by atoms with Gasteiger partial charge in [0.2, 0.25) is 10.0 Å². The Balaban J connectivity index is 1.62. The van der Waals surface area contributed by atoms with Crippen molar-refractivity contribution in [3.8, 4) is 0 Å². The minimum atomic E-state index is -3.83. The minimum absolute atomic E-state index is 0.0951. The summed E-state index contributed by atoms with van der Waals surface area (Å²) in [5, 5.41) is 3.91. The molecule has 0 amide bonds. The number of nitrogens with one attached hydrogen (secondary N) is 1. The van der Waals surface area contributed by atoms with Crippen molar-refractivity contribution in [2.24, 2.45) is 0 Å². The highest BCUT2D eigenvalue weighted by molar-refractivity contribution is 7.89. The summed E-state index contributed by atoms with van der Waals surface area (Å²) in [5.41, 5.74) is 5.61. The zero-order valence-corrected chi connectivity index (χ0v) is 14.3. The lowest BCUT2D eigenvalue weighted by atomic mass is 10.2. The molecule has 0 spiro atoms. The van der Waals surface area contributed by atoms with E-state index in [1.165, 1.54) is 12.3 Å². The van der Waals surface area contributed by atoms with Crippen LogP contribution in [0.1, 0.15) is 30.7 Å². The number of sulfonamides is 1. The van der Waals surface area contributed by atoms with E-state index >= 15 is 0 Å². The Bertz CT molecular complexity index is 841. The Labute approximate surface area is 143 Å². The summed E-state index contributed by atoms with van der Waals surface area (Å²) >= 11 is 5.78. The third kappa shape index (κ3) is 3.66. The van der Waals surface area contributed by atoms with Crippen LogP contribution in [-0.4, -0.2) is 36.2 Å².